The minimum atomic E-state index is -0.797. The Morgan fingerprint density at radius 1 is 1.32 bits per heavy atom. The lowest BCUT2D eigenvalue weighted by Crippen LogP contribution is -2.29. The van der Waals surface area contributed by atoms with E-state index in [-0.39, 0.29) is 6.42 Å². The fourth-order valence-corrected chi connectivity index (χ4v) is 2.19. The number of amides is 1. The van der Waals surface area contributed by atoms with E-state index in [1.54, 1.807) is 12.1 Å². The average molecular weight is 262 g/mol. The molecule has 0 heterocycles. The molecule has 1 amide bonds. The largest absolute Gasteiger partial charge is 0.481 e. The molecule has 1 aromatic carbocycles. The van der Waals surface area contributed by atoms with Gasteiger partial charge in [0.15, 0.2) is 0 Å². The second kappa shape index (κ2) is 5.84. The van der Waals surface area contributed by atoms with Crippen LogP contribution in [0.15, 0.2) is 24.3 Å². The summed E-state index contributed by atoms with van der Waals surface area (Å²) in [5.74, 6) is -1.24. The van der Waals surface area contributed by atoms with Gasteiger partial charge in [0, 0.05) is 24.7 Å². The minimum absolute atomic E-state index is 0.120. The van der Waals surface area contributed by atoms with E-state index in [2.05, 4.69) is 4.90 Å². The summed E-state index contributed by atoms with van der Waals surface area (Å²) in [4.78, 5) is 24.2. The molecule has 1 aliphatic rings. The van der Waals surface area contributed by atoms with Gasteiger partial charge in [-0.2, -0.15) is 0 Å². The van der Waals surface area contributed by atoms with E-state index in [0.717, 1.165) is 18.4 Å². The molecule has 0 aliphatic heterocycles. The van der Waals surface area contributed by atoms with Crippen LogP contribution in [-0.2, 0) is 11.3 Å². The first kappa shape index (κ1) is 13.5. The van der Waals surface area contributed by atoms with Gasteiger partial charge in [0.05, 0.1) is 6.42 Å². The summed E-state index contributed by atoms with van der Waals surface area (Å²) in [6.07, 6.45) is 2.31. The Kier molecular flexibility index (Phi) is 4.16. The van der Waals surface area contributed by atoms with Gasteiger partial charge in [0.1, 0.15) is 0 Å². The van der Waals surface area contributed by atoms with Crippen molar-refractivity contribution in [2.24, 2.45) is 5.73 Å². The summed E-state index contributed by atoms with van der Waals surface area (Å²) in [5, 5.41) is 8.77. The highest BCUT2D eigenvalue weighted by atomic mass is 16.4. The fraction of sp³-hybridized carbons (Fsp3) is 0.429. The predicted octanol–water partition coefficient (Wildman–Crippen LogP) is 1.22. The van der Waals surface area contributed by atoms with Crippen LogP contribution < -0.4 is 5.73 Å². The molecule has 102 valence electrons. The van der Waals surface area contributed by atoms with E-state index < -0.39 is 11.9 Å². The standard InChI is InChI=1S/C14H18N2O3/c15-14(19)12-4-2-1-3-10(12)9-16(11-5-6-11)8-7-13(17)18/h1-4,11H,5-9H2,(H2,15,19)(H,17,18). The van der Waals surface area contributed by atoms with Crippen molar-refractivity contribution in [3.63, 3.8) is 0 Å². The van der Waals surface area contributed by atoms with Gasteiger partial charge in [-0.25, -0.2) is 0 Å². The third-order valence-electron chi connectivity index (χ3n) is 3.33. The lowest BCUT2D eigenvalue weighted by atomic mass is 10.1. The lowest BCUT2D eigenvalue weighted by Gasteiger charge is -2.22. The second-order valence-electron chi connectivity index (χ2n) is 4.87. The number of aliphatic carboxylic acids is 1. The van der Waals surface area contributed by atoms with E-state index >= 15 is 0 Å². The van der Waals surface area contributed by atoms with Gasteiger partial charge in [0.2, 0.25) is 5.91 Å². The van der Waals surface area contributed by atoms with Crippen LogP contribution in [0.2, 0.25) is 0 Å². The Morgan fingerprint density at radius 3 is 2.58 bits per heavy atom. The van der Waals surface area contributed by atoms with Gasteiger partial charge in [0.25, 0.3) is 0 Å². The summed E-state index contributed by atoms with van der Waals surface area (Å²) in [6.45, 7) is 1.09. The first-order valence-electron chi connectivity index (χ1n) is 6.41. The van der Waals surface area contributed by atoms with E-state index in [9.17, 15) is 9.59 Å². The quantitative estimate of drug-likeness (QED) is 0.774. The Balaban J connectivity index is 2.08. The van der Waals surface area contributed by atoms with Gasteiger partial charge in [-0.1, -0.05) is 18.2 Å². The number of rotatable bonds is 7. The number of carboxylic acids is 1. The molecule has 1 saturated carbocycles. The molecule has 1 fully saturated rings. The van der Waals surface area contributed by atoms with Crippen molar-refractivity contribution in [1.82, 2.24) is 4.90 Å². The number of carboxylic acid groups (broad SMARTS) is 1. The zero-order chi connectivity index (χ0) is 13.8. The Hall–Kier alpha value is -1.88. The monoisotopic (exact) mass is 262 g/mol. The molecule has 5 nitrogen and oxygen atoms in total. The van der Waals surface area contributed by atoms with Crippen LogP contribution in [0.25, 0.3) is 0 Å². The molecule has 2 rings (SSSR count). The zero-order valence-corrected chi connectivity index (χ0v) is 10.7. The third kappa shape index (κ3) is 3.79. The van der Waals surface area contributed by atoms with Crippen LogP contribution in [0.3, 0.4) is 0 Å². The van der Waals surface area contributed by atoms with Crippen molar-refractivity contribution in [1.29, 1.82) is 0 Å². The Bertz CT molecular complexity index is 483. The summed E-state index contributed by atoms with van der Waals surface area (Å²) < 4.78 is 0. The summed E-state index contributed by atoms with van der Waals surface area (Å²) in [6, 6.07) is 7.67. The maximum atomic E-state index is 11.4. The first-order valence-corrected chi connectivity index (χ1v) is 6.41. The number of hydrogen-bond donors (Lipinski definition) is 2. The zero-order valence-electron chi connectivity index (χ0n) is 10.7. The SMILES string of the molecule is NC(=O)c1ccccc1CN(CCC(=O)O)C1CC1. The van der Waals surface area contributed by atoms with Crippen LogP contribution in [0.5, 0.6) is 0 Å². The smallest absolute Gasteiger partial charge is 0.304 e. The number of carbonyl (C=O) groups excluding carboxylic acids is 1. The van der Waals surface area contributed by atoms with Crippen molar-refractivity contribution >= 4 is 11.9 Å². The summed E-state index contributed by atoms with van der Waals surface area (Å²) in [5.41, 5.74) is 6.74. The number of primary amides is 1. The highest BCUT2D eigenvalue weighted by Crippen LogP contribution is 2.29. The molecule has 0 saturated heterocycles. The molecule has 19 heavy (non-hydrogen) atoms. The van der Waals surface area contributed by atoms with Gasteiger partial charge in [-0.05, 0) is 24.5 Å². The third-order valence-corrected chi connectivity index (χ3v) is 3.33. The number of hydrogen-bond acceptors (Lipinski definition) is 3. The molecular formula is C14H18N2O3. The van der Waals surface area contributed by atoms with Crippen molar-refractivity contribution in [3.8, 4) is 0 Å². The molecule has 0 atom stereocenters. The number of nitrogens with zero attached hydrogens (tertiary/aromatic N) is 1. The Labute approximate surface area is 112 Å². The molecule has 1 aromatic rings. The van der Waals surface area contributed by atoms with Crippen molar-refractivity contribution in [2.45, 2.75) is 31.8 Å². The van der Waals surface area contributed by atoms with Gasteiger partial charge >= 0.3 is 5.97 Å². The van der Waals surface area contributed by atoms with Crippen LogP contribution in [0, 0.1) is 0 Å². The number of benzene rings is 1. The van der Waals surface area contributed by atoms with Crippen molar-refractivity contribution < 1.29 is 14.7 Å². The fourth-order valence-electron chi connectivity index (χ4n) is 2.19. The summed E-state index contributed by atoms with van der Waals surface area (Å²) in [7, 11) is 0. The maximum Gasteiger partial charge on any atom is 0.304 e. The lowest BCUT2D eigenvalue weighted by molar-refractivity contribution is -0.137. The molecule has 3 N–H and O–H groups in total. The van der Waals surface area contributed by atoms with Gasteiger partial charge in [-0.15, -0.1) is 0 Å². The molecular weight excluding hydrogens is 244 g/mol. The molecule has 5 heteroatoms. The highest BCUT2D eigenvalue weighted by Gasteiger charge is 2.29. The minimum Gasteiger partial charge on any atom is -0.481 e. The predicted molar refractivity (Wildman–Crippen MR) is 70.6 cm³/mol. The van der Waals surface area contributed by atoms with Crippen LogP contribution in [-0.4, -0.2) is 34.5 Å². The maximum absolute atomic E-state index is 11.4. The molecule has 0 spiro atoms. The number of carbonyl (C=O) groups is 2. The van der Waals surface area contributed by atoms with E-state index in [0.29, 0.717) is 24.7 Å². The topological polar surface area (TPSA) is 83.6 Å². The van der Waals surface area contributed by atoms with E-state index in [1.165, 1.54) is 0 Å². The van der Waals surface area contributed by atoms with E-state index in [4.69, 9.17) is 10.8 Å². The highest BCUT2D eigenvalue weighted by molar-refractivity contribution is 5.94. The second-order valence-corrected chi connectivity index (χ2v) is 4.87. The van der Waals surface area contributed by atoms with Crippen LogP contribution >= 0.6 is 0 Å². The van der Waals surface area contributed by atoms with Crippen LogP contribution in [0.1, 0.15) is 35.2 Å². The molecule has 0 aromatic heterocycles. The number of nitrogens with two attached hydrogens (primary N) is 1. The van der Waals surface area contributed by atoms with Crippen LogP contribution in [0.4, 0.5) is 0 Å². The molecule has 0 unspecified atom stereocenters. The van der Waals surface area contributed by atoms with Gasteiger partial charge in [-0.3, -0.25) is 14.5 Å². The first-order chi connectivity index (χ1) is 9.08. The van der Waals surface area contributed by atoms with Crippen molar-refractivity contribution in [3.05, 3.63) is 35.4 Å². The van der Waals surface area contributed by atoms with Crippen molar-refractivity contribution in [2.75, 3.05) is 6.54 Å². The Morgan fingerprint density at radius 2 is 2.00 bits per heavy atom. The summed E-state index contributed by atoms with van der Waals surface area (Å²) >= 11 is 0. The van der Waals surface area contributed by atoms with Gasteiger partial charge < -0.3 is 10.8 Å². The molecule has 0 bridgehead atoms. The van der Waals surface area contributed by atoms with E-state index in [1.807, 2.05) is 12.1 Å². The normalized spacial score (nSPS) is 14.6. The molecule has 1 aliphatic carbocycles. The average Bonchev–Trinajstić information content (AvgIpc) is 3.18. The molecule has 0 radical (unpaired) electrons.